The minimum atomic E-state index is -5.61. The zero-order valence-electron chi connectivity index (χ0n) is 6.89. The number of hydrogen-bond donors (Lipinski definition) is 0. The van der Waals surface area contributed by atoms with Crippen molar-refractivity contribution in [3.63, 3.8) is 0 Å². The second kappa shape index (κ2) is 15.4. The molecule has 9 nitrogen and oxygen atoms in total. The second-order valence-electron chi connectivity index (χ2n) is 1.00. The SMILES string of the molecule is O.[Mg+2].[Mg+2].[Mg+2].[O-][Si]([O-])([O-])[O-].[O-][Si]([O-])([O-])[O-]. The Morgan fingerprint density at radius 2 is 0.429 bits per heavy atom. The van der Waals surface area contributed by atoms with Crippen LogP contribution in [0.4, 0.5) is 0 Å². The van der Waals surface area contributed by atoms with Gasteiger partial charge in [-0.15, -0.1) is 0 Å². The molecule has 0 bridgehead atoms. The summed E-state index contributed by atoms with van der Waals surface area (Å²) in [4.78, 5) is 68.6. The molecule has 0 aromatic carbocycles. The second-order valence-corrected chi connectivity index (χ2v) is 3.00. The largest absolute Gasteiger partial charge is 2.00 e. The van der Waals surface area contributed by atoms with Gasteiger partial charge >= 0.3 is 69.2 Å². The van der Waals surface area contributed by atoms with Gasteiger partial charge in [-0.2, -0.15) is 0 Å². The van der Waals surface area contributed by atoms with Crippen molar-refractivity contribution >= 4 is 87.3 Å². The quantitative estimate of drug-likeness (QED) is 0.385. The Kier molecular flexibility index (Phi) is 39.5. The zero-order valence-corrected chi connectivity index (χ0v) is 13.1. The van der Waals surface area contributed by atoms with Crippen LogP contribution in [0.5, 0.6) is 0 Å². The van der Waals surface area contributed by atoms with E-state index in [1.807, 2.05) is 0 Å². The molecule has 2 N–H and O–H groups in total. The first-order valence-electron chi connectivity index (χ1n) is 1.63. The van der Waals surface area contributed by atoms with Gasteiger partial charge < -0.3 is 61.9 Å². The fourth-order valence-electron chi connectivity index (χ4n) is 0. The van der Waals surface area contributed by atoms with Crippen LogP contribution in [0.3, 0.4) is 0 Å². The van der Waals surface area contributed by atoms with Crippen LogP contribution in [0.1, 0.15) is 0 Å². The first kappa shape index (κ1) is 36.0. The maximum absolute atomic E-state index is 8.58. The Hall–Kier alpha value is 2.37. The summed E-state index contributed by atoms with van der Waals surface area (Å²) >= 11 is 0. The molecule has 0 atom stereocenters. The molecule has 0 radical (unpaired) electrons. The van der Waals surface area contributed by atoms with Gasteiger partial charge in [0.15, 0.2) is 0 Å². The van der Waals surface area contributed by atoms with Crippen molar-refractivity contribution in [2.24, 2.45) is 0 Å². The molecule has 0 aliphatic heterocycles. The maximum Gasteiger partial charge on any atom is 2.00 e. The van der Waals surface area contributed by atoms with E-state index >= 15 is 0 Å². The molecule has 0 rings (SSSR count). The van der Waals surface area contributed by atoms with Gasteiger partial charge in [0.05, 0.1) is 0 Å². The standard InChI is InChI=1S/3Mg.2O4Si.H2O/c;;;2*1-5(2,3)4;/h;;;;;1H2/q3*+2;2*-4;. The van der Waals surface area contributed by atoms with Crippen LogP contribution >= 0.6 is 0 Å². The number of hydrogen-bond acceptors (Lipinski definition) is 8. The van der Waals surface area contributed by atoms with Gasteiger partial charge in [0.25, 0.3) is 0 Å². The van der Waals surface area contributed by atoms with Crippen LogP contribution in [-0.2, 0) is 0 Å². The van der Waals surface area contributed by atoms with E-state index in [2.05, 4.69) is 0 Å². The van der Waals surface area contributed by atoms with Crippen molar-refractivity contribution in [3.05, 3.63) is 0 Å². The Bertz CT molecular complexity index is 61.0. The molecule has 0 heterocycles. The molecule has 0 saturated heterocycles. The zero-order chi connectivity index (χ0) is 9.00. The van der Waals surface area contributed by atoms with Gasteiger partial charge in [0.1, 0.15) is 0 Å². The van der Waals surface area contributed by atoms with E-state index in [0.29, 0.717) is 0 Å². The third-order valence-corrected chi connectivity index (χ3v) is 0. The van der Waals surface area contributed by atoms with Gasteiger partial charge in [0.2, 0.25) is 0 Å². The van der Waals surface area contributed by atoms with Crippen LogP contribution in [0.2, 0.25) is 0 Å². The summed E-state index contributed by atoms with van der Waals surface area (Å²) in [5, 5.41) is 0. The summed E-state index contributed by atoms with van der Waals surface area (Å²) in [5.74, 6) is 0. The summed E-state index contributed by atoms with van der Waals surface area (Å²) < 4.78 is 0. The van der Waals surface area contributed by atoms with Crippen molar-refractivity contribution < 1.29 is 43.8 Å². The van der Waals surface area contributed by atoms with Crippen molar-refractivity contribution in [1.82, 2.24) is 0 Å². The molecule has 0 aliphatic carbocycles. The van der Waals surface area contributed by atoms with E-state index < -0.39 is 18.1 Å². The van der Waals surface area contributed by atoms with E-state index in [9.17, 15) is 0 Å². The third-order valence-electron chi connectivity index (χ3n) is 0. The molecule has 0 aromatic heterocycles. The number of rotatable bonds is 0. The van der Waals surface area contributed by atoms with Gasteiger partial charge in [-0.25, -0.2) is 0 Å². The predicted octanol–water partition coefficient (Wildman–Crippen LogP) is -12.2. The topological polar surface area (TPSA) is 216 Å². The molecule has 0 aliphatic rings. The molecule has 0 aromatic rings. The maximum atomic E-state index is 8.58. The van der Waals surface area contributed by atoms with Crippen LogP contribution < -0.4 is 38.4 Å². The molecular weight excluding hydrogens is 273 g/mol. The van der Waals surface area contributed by atoms with Crippen LogP contribution in [-0.4, -0.2) is 92.7 Å². The minimum Gasteiger partial charge on any atom is -0.894 e. The molecule has 0 unspecified atom stereocenters. The Balaban J connectivity index is -0.0000000178. The molecular formula is H2Mg3O9Si2-2. The summed E-state index contributed by atoms with van der Waals surface area (Å²) in [6.45, 7) is 0. The Morgan fingerprint density at radius 1 is 0.429 bits per heavy atom. The van der Waals surface area contributed by atoms with Crippen molar-refractivity contribution in [2.75, 3.05) is 0 Å². The first-order chi connectivity index (χ1) is 4.00. The summed E-state index contributed by atoms with van der Waals surface area (Å²) in [5.41, 5.74) is 0. The van der Waals surface area contributed by atoms with Crippen LogP contribution in [0.25, 0.3) is 0 Å². The normalized spacial score (nSPS) is 8.57. The van der Waals surface area contributed by atoms with Gasteiger partial charge in [-0.1, -0.05) is 0 Å². The smallest absolute Gasteiger partial charge is 0.894 e. The summed E-state index contributed by atoms with van der Waals surface area (Å²) in [6.07, 6.45) is 0. The molecule has 0 fully saturated rings. The van der Waals surface area contributed by atoms with E-state index in [1.54, 1.807) is 0 Å². The first-order valence-corrected chi connectivity index (χ1v) is 4.90. The Morgan fingerprint density at radius 3 is 0.429 bits per heavy atom. The monoisotopic (exact) mass is 274 g/mol. The predicted molar refractivity (Wildman–Crippen MR) is 32.4 cm³/mol. The van der Waals surface area contributed by atoms with Crippen molar-refractivity contribution in [1.29, 1.82) is 0 Å². The minimum absolute atomic E-state index is 0. The van der Waals surface area contributed by atoms with E-state index in [-0.39, 0.29) is 74.6 Å². The Labute approximate surface area is 130 Å². The average molecular weight is 275 g/mol. The third kappa shape index (κ3) is 457. The summed E-state index contributed by atoms with van der Waals surface area (Å²) in [6, 6.07) is 0. The van der Waals surface area contributed by atoms with Gasteiger partial charge in [-0.3, -0.25) is 0 Å². The van der Waals surface area contributed by atoms with Crippen LogP contribution in [0, 0.1) is 0 Å². The van der Waals surface area contributed by atoms with Crippen LogP contribution in [0.15, 0.2) is 0 Å². The van der Waals surface area contributed by atoms with Gasteiger partial charge in [0, 0.05) is 0 Å². The molecule has 14 heavy (non-hydrogen) atoms. The van der Waals surface area contributed by atoms with E-state index in [4.69, 9.17) is 38.4 Å². The molecule has 14 heteroatoms. The molecule has 0 amide bonds. The molecule has 0 saturated carbocycles. The van der Waals surface area contributed by atoms with Crippen molar-refractivity contribution in [3.8, 4) is 0 Å². The van der Waals surface area contributed by atoms with Gasteiger partial charge in [-0.05, 0) is 0 Å². The van der Waals surface area contributed by atoms with E-state index in [0.717, 1.165) is 0 Å². The fraction of sp³-hybridized carbons (Fsp3) is 0. The average Bonchev–Trinajstić information content (AvgIpc) is 1.12. The molecule has 0 spiro atoms. The summed E-state index contributed by atoms with van der Waals surface area (Å²) in [7, 11) is -11.2. The van der Waals surface area contributed by atoms with Crippen molar-refractivity contribution in [2.45, 2.75) is 0 Å². The molecule has 72 valence electrons. The van der Waals surface area contributed by atoms with E-state index in [1.165, 1.54) is 0 Å². The fourth-order valence-corrected chi connectivity index (χ4v) is 0.